The Balaban J connectivity index is 2.00. The Hall–Kier alpha value is -3.74. The average Bonchev–Trinajstić information content (AvgIpc) is 2.72. The van der Waals surface area contributed by atoms with E-state index in [2.05, 4.69) is 0 Å². The van der Waals surface area contributed by atoms with Crippen molar-refractivity contribution in [3.05, 3.63) is 80.5 Å². The molecular formula is C22H18N2O5. The lowest BCUT2D eigenvalue weighted by molar-refractivity contribution is -0.123. The predicted molar refractivity (Wildman–Crippen MR) is 108 cm³/mol. The van der Waals surface area contributed by atoms with Crippen LogP contribution in [0.25, 0.3) is 22.3 Å². The molecule has 0 spiro atoms. The van der Waals surface area contributed by atoms with Gasteiger partial charge in [-0.05, 0) is 36.8 Å². The number of aliphatic hydroxyl groups is 1. The highest BCUT2D eigenvalue weighted by Gasteiger charge is 2.28. The number of Topliss-reactive ketones (excluding diaryl/α,β-unsaturated/α-hetero) is 2. The van der Waals surface area contributed by atoms with Gasteiger partial charge >= 0.3 is 5.69 Å². The minimum atomic E-state index is -0.546. The molecule has 1 aliphatic carbocycles. The van der Waals surface area contributed by atoms with E-state index in [0.717, 1.165) is 4.57 Å². The highest BCUT2D eigenvalue weighted by atomic mass is 16.3. The van der Waals surface area contributed by atoms with Gasteiger partial charge in [0.2, 0.25) is 0 Å². The van der Waals surface area contributed by atoms with Gasteiger partial charge in [0.05, 0.1) is 16.6 Å². The molecular weight excluding hydrogens is 372 g/mol. The largest absolute Gasteiger partial charge is 0.506 e. The second-order valence-electron chi connectivity index (χ2n) is 6.97. The van der Waals surface area contributed by atoms with E-state index in [-0.39, 0.29) is 29.4 Å². The molecule has 1 heterocycles. The van der Waals surface area contributed by atoms with Gasteiger partial charge in [-0.3, -0.25) is 19.0 Å². The summed E-state index contributed by atoms with van der Waals surface area (Å²) in [5, 5.41) is 10.8. The van der Waals surface area contributed by atoms with Crippen molar-refractivity contribution in [1.82, 2.24) is 9.13 Å². The summed E-state index contributed by atoms with van der Waals surface area (Å²) in [4.78, 5) is 50.1. The van der Waals surface area contributed by atoms with Crippen LogP contribution in [0.15, 0.2) is 63.7 Å². The summed E-state index contributed by atoms with van der Waals surface area (Å²) in [5.41, 5.74) is -0.271. The zero-order valence-corrected chi connectivity index (χ0v) is 15.7. The molecule has 1 fully saturated rings. The lowest BCUT2D eigenvalue weighted by Crippen LogP contribution is -2.37. The van der Waals surface area contributed by atoms with E-state index in [1.165, 1.54) is 22.8 Å². The number of benzene rings is 2. The topological polar surface area (TPSA) is 98.4 Å². The Morgan fingerprint density at radius 2 is 1.59 bits per heavy atom. The lowest BCUT2D eigenvalue weighted by atomic mass is 9.89. The molecule has 7 nitrogen and oxygen atoms in total. The molecule has 4 rings (SSSR count). The van der Waals surface area contributed by atoms with Crippen LogP contribution in [0, 0.1) is 0 Å². The molecule has 3 aromatic rings. The van der Waals surface area contributed by atoms with Crippen molar-refractivity contribution in [1.29, 1.82) is 0 Å². The van der Waals surface area contributed by atoms with Crippen LogP contribution in [0.4, 0.5) is 0 Å². The van der Waals surface area contributed by atoms with Crippen molar-refractivity contribution in [2.24, 2.45) is 7.05 Å². The number of para-hydroxylation sites is 1. The minimum Gasteiger partial charge on any atom is -0.506 e. The summed E-state index contributed by atoms with van der Waals surface area (Å²) in [6, 6.07) is 12.9. The van der Waals surface area contributed by atoms with Crippen molar-refractivity contribution >= 4 is 28.2 Å². The number of carbonyl (C=O) groups is 2. The van der Waals surface area contributed by atoms with Gasteiger partial charge < -0.3 is 5.11 Å². The van der Waals surface area contributed by atoms with Gasteiger partial charge in [0.25, 0.3) is 5.56 Å². The number of aliphatic hydroxyl groups excluding tert-OH is 1. The van der Waals surface area contributed by atoms with Crippen LogP contribution in [-0.2, 0) is 16.6 Å². The molecule has 2 aromatic carbocycles. The number of hydrogen-bond acceptors (Lipinski definition) is 5. The summed E-state index contributed by atoms with van der Waals surface area (Å²) in [7, 11) is 1.55. The molecule has 0 bridgehead atoms. The van der Waals surface area contributed by atoms with Gasteiger partial charge in [-0.2, -0.15) is 0 Å². The molecule has 0 radical (unpaired) electrons. The summed E-state index contributed by atoms with van der Waals surface area (Å²) in [6.45, 7) is 0. The van der Waals surface area contributed by atoms with E-state index in [4.69, 9.17) is 0 Å². The molecule has 0 atom stereocenters. The predicted octanol–water partition coefficient (Wildman–Crippen LogP) is 2.28. The normalized spacial score (nSPS) is 14.4. The lowest BCUT2D eigenvalue weighted by Gasteiger charge is -2.15. The average molecular weight is 390 g/mol. The molecule has 1 aromatic heterocycles. The number of nitrogens with zero attached hydrogens (tertiary/aromatic N) is 2. The van der Waals surface area contributed by atoms with Gasteiger partial charge in [0, 0.05) is 25.5 Å². The monoisotopic (exact) mass is 390 g/mol. The summed E-state index contributed by atoms with van der Waals surface area (Å²) < 4.78 is 2.39. The first-order valence-electron chi connectivity index (χ1n) is 9.21. The highest BCUT2D eigenvalue weighted by molar-refractivity contribution is 6.25. The summed E-state index contributed by atoms with van der Waals surface area (Å²) in [6.07, 6.45) is 0.873. The van der Waals surface area contributed by atoms with E-state index >= 15 is 0 Å². The third-order valence-corrected chi connectivity index (χ3v) is 5.16. The molecule has 0 aliphatic heterocycles. The van der Waals surface area contributed by atoms with E-state index in [9.17, 15) is 24.3 Å². The zero-order valence-electron chi connectivity index (χ0n) is 15.7. The van der Waals surface area contributed by atoms with Crippen LogP contribution in [0.2, 0.25) is 0 Å². The van der Waals surface area contributed by atoms with E-state index in [1.54, 1.807) is 37.4 Å². The van der Waals surface area contributed by atoms with Gasteiger partial charge in [0.1, 0.15) is 11.3 Å². The molecule has 1 saturated carbocycles. The maximum absolute atomic E-state index is 13.1. The molecule has 7 heteroatoms. The third-order valence-electron chi connectivity index (χ3n) is 5.16. The Bertz CT molecular complexity index is 1290. The van der Waals surface area contributed by atoms with Crippen LogP contribution >= 0.6 is 0 Å². The van der Waals surface area contributed by atoms with E-state index < -0.39 is 28.6 Å². The third kappa shape index (κ3) is 3.00. The number of rotatable bonds is 2. The molecule has 0 unspecified atom stereocenters. The standard InChI is InChI=1S/C22H18N2O5/c1-23-16-11-10-13(20(27)19-17(25)8-5-9-18(19)26)12-15(16)21(28)24(22(23)29)14-6-3-2-4-7-14/h2-4,6-7,10-12,27H,5,8-9H2,1H3. The summed E-state index contributed by atoms with van der Waals surface area (Å²) in [5.74, 6) is -1.23. The van der Waals surface area contributed by atoms with Crippen LogP contribution in [0.1, 0.15) is 24.8 Å². The fraction of sp³-hybridized carbons (Fsp3) is 0.182. The van der Waals surface area contributed by atoms with Crippen molar-refractivity contribution in [3.63, 3.8) is 0 Å². The van der Waals surface area contributed by atoms with Crippen molar-refractivity contribution in [2.45, 2.75) is 19.3 Å². The second-order valence-corrected chi connectivity index (χ2v) is 6.97. The van der Waals surface area contributed by atoms with Gasteiger partial charge in [-0.15, -0.1) is 0 Å². The van der Waals surface area contributed by atoms with E-state index in [0.29, 0.717) is 17.6 Å². The Morgan fingerprint density at radius 1 is 0.931 bits per heavy atom. The number of hydrogen-bond donors (Lipinski definition) is 1. The number of ketones is 2. The molecule has 1 N–H and O–H groups in total. The first-order valence-corrected chi connectivity index (χ1v) is 9.21. The zero-order chi connectivity index (χ0) is 20.7. The summed E-state index contributed by atoms with van der Waals surface area (Å²) >= 11 is 0. The van der Waals surface area contributed by atoms with Crippen LogP contribution < -0.4 is 11.2 Å². The number of allylic oxidation sites excluding steroid dienone is 1. The van der Waals surface area contributed by atoms with Crippen LogP contribution in [0.3, 0.4) is 0 Å². The van der Waals surface area contributed by atoms with Gasteiger partial charge in [-0.1, -0.05) is 18.2 Å². The number of aromatic nitrogens is 2. The first-order chi connectivity index (χ1) is 13.9. The SMILES string of the molecule is Cn1c(=O)n(-c2ccccc2)c(=O)c2cc(C(O)=C3C(=O)CCCC3=O)ccc21. The maximum atomic E-state index is 13.1. The van der Waals surface area contributed by atoms with Crippen LogP contribution in [0.5, 0.6) is 0 Å². The van der Waals surface area contributed by atoms with Crippen molar-refractivity contribution < 1.29 is 14.7 Å². The fourth-order valence-electron chi connectivity index (χ4n) is 3.64. The van der Waals surface area contributed by atoms with Gasteiger partial charge in [-0.25, -0.2) is 9.36 Å². The molecule has 29 heavy (non-hydrogen) atoms. The Kier molecular flexibility index (Phi) is 4.50. The molecule has 0 saturated heterocycles. The first kappa shape index (κ1) is 18.6. The molecule has 0 amide bonds. The molecule has 146 valence electrons. The van der Waals surface area contributed by atoms with Crippen molar-refractivity contribution in [3.8, 4) is 5.69 Å². The van der Waals surface area contributed by atoms with E-state index in [1.807, 2.05) is 0 Å². The number of fused-ring (bicyclic) bond motifs is 1. The Labute approximate surface area is 165 Å². The maximum Gasteiger partial charge on any atom is 0.335 e. The smallest absolute Gasteiger partial charge is 0.335 e. The number of aryl methyl sites for hydroxylation is 1. The highest BCUT2D eigenvalue weighted by Crippen LogP contribution is 2.26. The quantitative estimate of drug-likeness (QED) is 0.411. The molecule has 1 aliphatic rings. The fourth-order valence-corrected chi connectivity index (χ4v) is 3.64. The Morgan fingerprint density at radius 3 is 2.24 bits per heavy atom. The number of carbonyl (C=O) groups excluding carboxylic acids is 2. The van der Waals surface area contributed by atoms with Crippen LogP contribution in [-0.4, -0.2) is 25.8 Å². The second kappa shape index (κ2) is 7.01. The van der Waals surface area contributed by atoms with Gasteiger partial charge in [0.15, 0.2) is 11.6 Å². The van der Waals surface area contributed by atoms with Crippen molar-refractivity contribution in [2.75, 3.05) is 0 Å². The minimum absolute atomic E-state index is 0.187.